The van der Waals surface area contributed by atoms with Gasteiger partial charge in [0, 0.05) is 18.7 Å². The summed E-state index contributed by atoms with van der Waals surface area (Å²) in [4.78, 5) is 22.7. The number of nitrogens with zero attached hydrogens (tertiary/aromatic N) is 3. The number of rotatable bonds is 8. The highest BCUT2D eigenvalue weighted by Crippen LogP contribution is 2.32. The lowest BCUT2D eigenvalue weighted by molar-refractivity contribution is -0.117. The Kier molecular flexibility index (Phi) is 6.07. The molecule has 3 rings (SSSR count). The lowest BCUT2D eigenvalue weighted by Crippen LogP contribution is -2.29. The van der Waals surface area contributed by atoms with Gasteiger partial charge in [0.25, 0.3) is 0 Å². The predicted molar refractivity (Wildman–Crippen MR) is 95.7 cm³/mol. The van der Waals surface area contributed by atoms with Crippen molar-refractivity contribution in [2.24, 2.45) is 0 Å². The summed E-state index contributed by atoms with van der Waals surface area (Å²) in [6, 6.07) is 0.264. The molecule has 0 aliphatic carbocycles. The summed E-state index contributed by atoms with van der Waals surface area (Å²) >= 11 is 0. The maximum Gasteiger partial charge on any atom is 0.320 e. The fourth-order valence-corrected chi connectivity index (χ4v) is 3.34. The summed E-state index contributed by atoms with van der Waals surface area (Å²) in [6.07, 6.45) is 7.95. The fraction of sp³-hybridized carbons (Fsp3) is 0.722. The van der Waals surface area contributed by atoms with E-state index >= 15 is 0 Å². The van der Waals surface area contributed by atoms with Gasteiger partial charge in [-0.1, -0.05) is 13.3 Å². The Hall–Kier alpha value is -1.89. The van der Waals surface area contributed by atoms with Gasteiger partial charge in [0.15, 0.2) is 0 Å². The van der Waals surface area contributed by atoms with Crippen LogP contribution in [0.25, 0.3) is 0 Å². The van der Waals surface area contributed by atoms with Crippen LogP contribution in [0.1, 0.15) is 57.4 Å². The van der Waals surface area contributed by atoms with Crippen molar-refractivity contribution in [3.8, 4) is 6.01 Å². The zero-order valence-corrected chi connectivity index (χ0v) is 15.0. The highest BCUT2D eigenvalue weighted by atomic mass is 16.5. The maximum atomic E-state index is 12.4. The highest BCUT2D eigenvalue weighted by molar-refractivity contribution is 6.01. The summed E-state index contributed by atoms with van der Waals surface area (Å²) in [5, 5.41) is 0. The van der Waals surface area contributed by atoms with Gasteiger partial charge in [0.2, 0.25) is 5.91 Å². The lowest BCUT2D eigenvalue weighted by Gasteiger charge is -2.23. The molecule has 2 aliphatic heterocycles. The van der Waals surface area contributed by atoms with Crippen LogP contribution in [0.3, 0.4) is 0 Å². The Morgan fingerprint density at radius 3 is 2.96 bits per heavy atom. The molecular formula is C18H28N4O3. The standard InChI is InChI=1S/C18H28N4O3/c1-2-3-10-25-18-20-16(19)14-12-15(23)22(17(14)21-18)9-6-8-13-7-4-5-11-24-13/h13H,2-12H2,1H3,(H2,19,20,21). The van der Waals surface area contributed by atoms with Crippen LogP contribution in [0.5, 0.6) is 6.01 Å². The molecule has 1 fully saturated rings. The number of nitrogen functional groups attached to an aromatic ring is 1. The lowest BCUT2D eigenvalue weighted by atomic mass is 10.0. The van der Waals surface area contributed by atoms with Crippen molar-refractivity contribution in [1.82, 2.24) is 9.97 Å². The van der Waals surface area contributed by atoms with Crippen molar-refractivity contribution in [1.29, 1.82) is 0 Å². The first kappa shape index (κ1) is 17.9. The summed E-state index contributed by atoms with van der Waals surface area (Å²) in [6.45, 7) is 4.15. The van der Waals surface area contributed by atoms with Gasteiger partial charge in [-0.15, -0.1) is 0 Å². The second-order valence-corrected chi connectivity index (χ2v) is 6.75. The Bertz CT molecular complexity index is 602. The molecule has 0 saturated carbocycles. The summed E-state index contributed by atoms with van der Waals surface area (Å²) in [5.74, 6) is 1.00. The van der Waals surface area contributed by atoms with Gasteiger partial charge in [-0.05, 0) is 38.5 Å². The molecule has 0 spiro atoms. The predicted octanol–water partition coefficient (Wildman–Crippen LogP) is 2.48. The monoisotopic (exact) mass is 348 g/mol. The van der Waals surface area contributed by atoms with Crippen molar-refractivity contribution in [2.75, 3.05) is 30.4 Å². The number of amides is 1. The molecular weight excluding hydrogens is 320 g/mol. The molecule has 3 heterocycles. The van der Waals surface area contributed by atoms with Crippen LogP contribution in [-0.4, -0.2) is 41.7 Å². The van der Waals surface area contributed by atoms with Crippen molar-refractivity contribution in [3.63, 3.8) is 0 Å². The van der Waals surface area contributed by atoms with E-state index in [-0.39, 0.29) is 18.3 Å². The zero-order valence-electron chi connectivity index (χ0n) is 15.0. The molecule has 0 bridgehead atoms. The number of fused-ring (bicyclic) bond motifs is 1. The van der Waals surface area contributed by atoms with Crippen LogP contribution in [0.2, 0.25) is 0 Å². The molecule has 1 amide bonds. The van der Waals surface area contributed by atoms with Crippen LogP contribution in [0.4, 0.5) is 11.6 Å². The van der Waals surface area contributed by atoms with Gasteiger partial charge in [-0.3, -0.25) is 9.69 Å². The van der Waals surface area contributed by atoms with E-state index in [2.05, 4.69) is 16.9 Å². The number of aromatic nitrogens is 2. The van der Waals surface area contributed by atoms with Gasteiger partial charge < -0.3 is 15.2 Å². The Morgan fingerprint density at radius 1 is 1.32 bits per heavy atom. The van der Waals surface area contributed by atoms with Crippen LogP contribution >= 0.6 is 0 Å². The zero-order chi connectivity index (χ0) is 17.6. The second kappa shape index (κ2) is 8.47. The van der Waals surface area contributed by atoms with Gasteiger partial charge in [-0.2, -0.15) is 9.97 Å². The van der Waals surface area contributed by atoms with Crippen molar-refractivity contribution >= 4 is 17.5 Å². The first-order valence-corrected chi connectivity index (χ1v) is 9.40. The van der Waals surface area contributed by atoms with Crippen molar-refractivity contribution in [2.45, 2.75) is 64.4 Å². The number of ether oxygens (including phenoxy) is 2. The number of unbranched alkanes of at least 4 members (excludes halogenated alkanes) is 1. The van der Waals surface area contributed by atoms with E-state index in [1.54, 1.807) is 4.90 Å². The van der Waals surface area contributed by atoms with Crippen LogP contribution in [-0.2, 0) is 16.0 Å². The van der Waals surface area contributed by atoms with Gasteiger partial charge in [0.1, 0.15) is 11.6 Å². The molecule has 25 heavy (non-hydrogen) atoms. The number of carbonyl (C=O) groups is 1. The number of hydrogen-bond acceptors (Lipinski definition) is 6. The number of nitrogens with two attached hydrogens (primary N) is 1. The molecule has 0 radical (unpaired) electrons. The normalized spacial score (nSPS) is 20.0. The third kappa shape index (κ3) is 4.39. The molecule has 2 aliphatic rings. The summed E-state index contributed by atoms with van der Waals surface area (Å²) in [7, 11) is 0. The van der Waals surface area contributed by atoms with Crippen molar-refractivity contribution < 1.29 is 14.3 Å². The van der Waals surface area contributed by atoms with Crippen LogP contribution in [0, 0.1) is 0 Å². The van der Waals surface area contributed by atoms with E-state index in [1.807, 2.05) is 0 Å². The Labute approximate surface area is 148 Å². The topological polar surface area (TPSA) is 90.6 Å². The van der Waals surface area contributed by atoms with Gasteiger partial charge in [-0.25, -0.2) is 0 Å². The molecule has 7 heteroatoms. The number of anilines is 2. The number of hydrogen-bond donors (Lipinski definition) is 1. The summed E-state index contributed by atoms with van der Waals surface area (Å²) in [5.41, 5.74) is 6.74. The average molecular weight is 348 g/mol. The molecule has 1 saturated heterocycles. The third-order valence-electron chi connectivity index (χ3n) is 4.79. The first-order chi connectivity index (χ1) is 12.2. The van der Waals surface area contributed by atoms with E-state index in [4.69, 9.17) is 15.2 Å². The molecule has 1 unspecified atom stereocenters. The molecule has 2 N–H and O–H groups in total. The van der Waals surface area contributed by atoms with E-state index < -0.39 is 0 Å². The Morgan fingerprint density at radius 2 is 2.20 bits per heavy atom. The second-order valence-electron chi connectivity index (χ2n) is 6.75. The van der Waals surface area contributed by atoms with E-state index in [9.17, 15) is 4.79 Å². The number of carbonyl (C=O) groups excluding carboxylic acids is 1. The van der Waals surface area contributed by atoms with Crippen LogP contribution in [0.15, 0.2) is 0 Å². The molecule has 7 nitrogen and oxygen atoms in total. The Balaban J connectivity index is 1.62. The van der Waals surface area contributed by atoms with E-state index in [0.717, 1.165) is 50.7 Å². The van der Waals surface area contributed by atoms with E-state index in [1.165, 1.54) is 6.42 Å². The first-order valence-electron chi connectivity index (χ1n) is 9.40. The van der Waals surface area contributed by atoms with E-state index in [0.29, 0.717) is 30.9 Å². The molecule has 138 valence electrons. The summed E-state index contributed by atoms with van der Waals surface area (Å²) < 4.78 is 11.3. The average Bonchev–Trinajstić information content (AvgIpc) is 2.93. The third-order valence-corrected chi connectivity index (χ3v) is 4.79. The minimum Gasteiger partial charge on any atom is -0.463 e. The highest BCUT2D eigenvalue weighted by Gasteiger charge is 2.32. The van der Waals surface area contributed by atoms with Gasteiger partial charge >= 0.3 is 6.01 Å². The molecule has 0 aromatic carbocycles. The minimum atomic E-state index is 0.0336. The van der Waals surface area contributed by atoms with Crippen molar-refractivity contribution in [3.05, 3.63) is 5.56 Å². The molecule has 1 aromatic rings. The quantitative estimate of drug-likeness (QED) is 0.726. The van der Waals surface area contributed by atoms with Crippen LogP contribution < -0.4 is 15.4 Å². The molecule has 1 atom stereocenters. The van der Waals surface area contributed by atoms with Gasteiger partial charge in [0.05, 0.1) is 19.1 Å². The SMILES string of the molecule is CCCCOc1nc(N)c2c(n1)N(CCCC1CCCCO1)C(=O)C2. The fourth-order valence-electron chi connectivity index (χ4n) is 3.34. The minimum absolute atomic E-state index is 0.0336. The molecule has 1 aromatic heterocycles. The largest absolute Gasteiger partial charge is 0.463 e. The smallest absolute Gasteiger partial charge is 0.320 e. The maximum absolute atomic E-state index is 12.4.